The largest absolute Gasteiger partial charge is 0.881 e. The third-order valence-electron chi connectivity index (χ3n) is 4.12. The van der Waals surface area contributed by atoms with Crippen molar-refractivity contribution in [1.29, 1.82) is 0 Å². The van der Waals surface area contributed by atoms with Gasteiger partial charge in [0.1, 0.15) is 11.3 Å². The molecule has 0 fully saturated rings. The van der Waals surface area contributed by atoms with Crippen LogP contribution in [0.1, 0.15) is 5.69 Å². The smallest absolute Gasteiger partial charge is 0.616 e. The van der Waals surface area contributed by atoms with Gasteiger partial charge in [-0.25, -0.2) is 4.98 Å². The minimum absolute atomic E-state index is 0.680. The Morgan fingerprint density at radius 1 is 0.731 bits per heavy atom. The van der Waals surface area contributed by atoms with Gasteiger partial charge in [-0.2, -0.15) is 0 Å². The fourth-order valence-electron chi connectivity index (χ4n) is 2.82. The van der Waals surface area contributed by atoms with E-state index in [1.54, 1.807) is 0 Å². The van der Waals surface area contributed by atoms with Crippen LogP contribution in [0.2, 0.25) is 0 Å². The maximum Gasteiger partial charge on any atom is 0.881 e. The molecule has 0 atom stereocenters. The zero-order chi connectivity index (χ0) is 17.8. The van der Waals surface area contributed by atoms with E-state index < -0.39 is 15.9 Å². The molecule has 125 valence electrons. The van der Waals surface area contributed by atoms with E-state index in [9.17, 15) is 0 Å². The maximum absolute atomic E-state index is 5.92. The van der Waals surface area contributed by atoms with Crippen LogP contribution in [0, 0.1) is 6.92 Å². The van der Waals surface area contributed by atoms with Crippen molar-refractivity contribution in [3.05, 3.63) is 90.6 Å². The lowest BCUT2D eigenvalue weighted by atomic mass is 10.1. The number of rotatable bonds is 5. The summed E-state index contributed by atoms with van der Waals surface area (Å²) in [6.07, 6.45) is 0. The van der Waals surface area contributed by atoms with Crippen LogP contribution in [0.5, 0.6) is 11.5 Å². The molecule has 3 aromatic carbocycles. The van der Waals surface area contributed by atoms with E-state index >= 15 is 0 Å². The fraction of sp³-hybridized carbons (Fsp3) is 0.0455. The minimum atomic E-state index is -0.680. The summed E-state index contributed by atoms with van der Waals surface area (Å²) in [6.45, 7) is 1.98. The third kappa shape index (κ3) is 3.72. The number of aryl methyl sites for hydroxylation is 1. The predicted molar refractivity (Wildman–Crippen MR) is 105 cm³/mol. The van der Waals surface area contributed by atoms with Crippen molar-refractivity contribution in [2.75, 3.05) is 0 Å². The number of hydrogen-bond donors (Lipinski definition) is 0. The Morgan fingerprint density at radius 3 is 2.42 bits per heavy atom. The van der Waals surface area contributed by atoms with Crippen LogP contribution >= 0.6 is 0 Å². The molecule has 0 N–H and O–H groups in total. The van der Waals surface area contributed by atoms with Crippen LogP contribution in [-0.2, 0) is 0 Å². The van der Waals surface area contributed by atoms with E-state index in [0.717, 1.165) is 33.7 Å². The van der Waals surface area contributed by atoms with Gasteiger partial charge in [-0.3, -0.25) is 0 Å². The van der Waals surface area contributed by atoms with E-state index in [4.69, 9.17) is 7.58 Å². The van der Waals surface area contributed by atoms with Gasteiger partial charge in [-0.05, 0) is 42.3 Å². The van der Waals surface area contributed by atoms with Gasteiger partial charge in [-0.1, -0.05) is 60.7 Å². The molecule has 0 unspecified atom stereocenters. The monoisotopic (exact) mass is 354 g/mol. The SMILES string of the molecule is Cc1ccc2cccc([O][Al][O]c3cccc(-c4ccccc4)c3)c2n1. The standard InChI is InChI=1S/C12H10O.C10H9NO.Al/c13-12-8-4-7-11(9-12)10-5-2-1-3-6-10;1-7-5-6-8-3-2-4-9(12)10(8)11-7;/h1-9,13H;2-6,12H,1H3;/q;;+2/p-2. The lowest BCUT2D eigenvalue weighted by molar-refractivity contribution is 0.461. The van der Waals surface area contributed by atoms with E-state index in [0.29, 0.717) is 0 Å². The van der Waals surface area contributed by atoms with Gasteiger partial charge in [0.25, 0.3) is 0 Å². The van der Waals surface area contributed by atoms with Gasteiger partial charge in [0.2, 0.25) is 0 Å². The average Bonchev–Trinajstić information content (AvgIpc) is 2.69. The summed E-state index contributed by atoms with van der Waals surface area (Å²) < 4.78 is 11.8. The lowest BCUT2D eigenvalue weighted by Crippen LogP contribution is -2.11. The number of fused-ring (bicyclic) bond motifs is 1. The second kappa shape index (κ2) is 7.62. The average molecular weight is 354 g/mol. The van der Waals surface area contributed by atoms with E-state index in [1.165, 1.54) is 5.56 Å². The second-order valence-electron chi connectivity index (χ2n) is 6.01. The summed E-state index contributed by atoms with van der Waals surface area (Å²) in [5.41, 5.74) is 4.15. The molecule has 0 amide bonds. The van der Waals surface area contributed by atoms with Crippen molar-refractivity contribution in [3.8, 4) is 22.6 Å². The molecule has 0 bridgehead atoms. The van der Waals surface area contributed by atoms with Crippen LogP contribution in [0.15, 0.2) is 84.9 Å². The van der Waals surface area contributed by atoms with Crippen molar-refractivity contribution < 1.29 is 7.58 Å². The van der Waals surface area contributed by atoms with Gasteiger partial charge in [0, 0.05) is 11.1 Å². The Kier molecular flexibility index (Phi) is 4.88. The Balaban J connectivity index is 1.48. The molecule has 0 saturated carbocycles. The number of pyridine rings is 1. The summed E-state index contributed by atoms with van der Waals surface area (Å²) in [5.74, 6) is 1.58. The zero-order valence-corrected chi connectivity index (χ0v) is 15.6. The topological polar surface area (TPSA) is 31.4 Å². The highest BCUT2D eigenvalue weighted by atomic mass is 27.2. The van der Waals surface area contributed by atoms with Crippen molar-refractivity contribution in [3.63, 3.8) is 0 Å². The highest BCUT2D eigenvalue weighted by Crippen LogP contribution is 2.25. The third-order valence-corrected chi connectivity index (χ3v) is 4.84. The molecule has 4 aromatic rings. The summed E-state index contributed by atoms with van der Waals surface area (Å²) in [4.78, 5) is 4.59. The van der Waals surface area contributed by atoms with Gasteiger partial charge in [-0.15, -0.1) is 0 Å². The summed E-state index contributed by atoms with van der Waals surface area (Å²) in [6, 6.07) is 28.3. The van der Waals surface area contributed by atoms with Gasteiger partial charge in [0.15, 0.2) is 0 Å². The van der Waals surface area contributed by atoms with Crippen LogP contribution < -0.4 is 7.58 Å². The first-order valence-corrected chi connectivity index (χ1v) is 9.41. The van der Waals surface area contributed by atoms with Crippen molar-refractivity contribution in [1.82, 2.24) is 4.98 Å². The number of aromatic nitrogens is 1. The Hall–Kier alpha value is -2.80. The van der Waals surface area contributed by atoms with E-state index in [2.05, 4.69) is 29.2 Å². The molecule has 26 heavy (non-hydrogen) atoms. The molecule has 3 nitrogen and oxygen atoms in total. The second-order valence-corrected chi connectivity index (χ2v) is 6.67. The van der Waals surface area contributed by atoms with Crippen LogP contribution in [0.3, 0.4) is 0 Å². The first-order valence-electron chi connectivity index (χ1n) is 8.46. The molecule has 1 radical (unpaired) electrons. The number of benzene rings is 3. The van der Waals surface area contributed by atoms with Crippen molar-refractivity contribution in [2.45, 2.75) is 6.92 Å². The molecule has 0 aliphatic rings. The van der Waals surface area contributed by atoms with E-state index in [-0.39, 0.29) is 0 Å². The molecule has 1 heterocycles. The summed E-state index contributed by atoms with van der Waals surface area (Å²) in [5, 5.41) is 1.07. The Morgan fingerprint density at radius 2 is 1.54 bits per heavy atom. The maximum atomic E-state index is 5.92. The molecule has 0 aliphatic carbocycles. The molecule has 0 aliphatic heterocycles. The van der Waals surface area contributed by atoms with Gasteiger partial charge in [0.05, 0.1) is 5.75 Å². The van der Waals surface area contributed by atoms with Crippen LogP contribution in [0.4, 0.5) is 0 Å². The quantitative estimate of drug-likeness (QED) is 0.462. The van der Waals surface area contributed by atoms with Gasteiger partial charge < -0.3 is 7.58 Å². The molecule has 4 rings (SSSR count). The van der Waals surface area contributed by atoms with E-state index in [1.807, 2.05) is 67.6 Å². The molecule has 0 spiro atoms. The minimum Gasteiger partial charge on any atom is -0.616 e. The molecular weight excluding hydrogens is 337 g/mol. The molecule has 1 aromatic heterocycles. The molecule has 0 saturated heterocycles. The number of nitrogens with zero attached hydrogens (tertiary/aromatic N) is 1. The summed E-state index contributed by atoms with van der Waals surface area (Å²) >= 11 is -0.680. The van der Waals surface area contributed by atoms with Gasteiger partial charge >= 0.3 is 15.9 Å². The number of para-hydroxylation sites is 1. The van der Waals surface area contributed by atoms with Crippen molar-refractivity contribution >= 4 is 26.8 Å². The van der Waals surface area contributed by atoms with Crippen LogP contribution in [0.25, 0.3) is 22.0 Å². The first-order chi connectivity index (χ1) is 12.8. The highest BCUT2D eigenvalue weighted by molar-refractivity contribution is 6.21. The number of hydrogen-bond acceptors (Lipinski definition) is 3. The summed E-state index contributed by atoms with van der Waals surface area (Å²) in [7, 11) is 0. The molecule has 4 heteroatoms. The Bertz CT molecular complexity index is 1030. The van der Waals surface area contributed by atoms with Crippen LogP contribution in [-0.4, -0.2) is 20.9 Å². The fourth-order valence-corrected chi connectivity index (χ4v) is 3.42. The first kappa shape index (κ1) is 16.7. The Labute approximate surface area is 159 Å². The molecular formula is C22H17AlNO2. The normalized spacial score (nSPS) is 10.5. The predicted octanol–water partition coefficient (Wildman–Crippen LogP) is 5.20. The zero-order valence-electron chi connectivity index (χ0n) is 14.4. The van der Waals surface area contributed by atoms with Crippen molar-refractivity contribution in [2.24, 2.45) is 0 Å². The lowest BCUT2D eigenvalue weighted by Gasteiger charge is -2.11. The highest BCUT2D eigenvalue weighted by Gasteiger charge is 2.10.